The average Bonchev–Trinajstić information content (AvgIpc) is 2.39. The minimum Gasteiger partial charge on any atom is -0.395 e. The topological polar surface area (TPSA) is 56.6 Å². The third-order valence-corrected chi connectivity index (χ3v) is 3.27. The molecule has 102 valence electrons. The molecule has 0 bridgehead atoms. The number of nitrogens with zero attached hydrogens (tertiary/aromatic N) is 2. The molecule has 1 atom stereocenters. The van der Waals surface area contributed by atoms with Gasteiger partial charge in [-0.2, -0.15) is 0 Å². The van der Waals surface area contributed by atoms with Crippen LogP contribution in [0.25, 0.3) is 0 Å². The first-order chi connectivity index (χ1) is 8.63. The van der Waals surface area contributed by atoms with Crippen molar-refractivity contribution in [2.75, 3.05) is 18.1 Å². The molecule has 0 unspecified atom stereocenters. The predicted octanol–water partition coefficient (Wildman–Crippen LogP) is 2.12. The monoisotopic (exact) mass is 252 g/mol. The van der Waals surface area contributed by atoms with E-state index >= 15 is 0 Å². The molecule has 4 heteroatoms. The molecule has 1 aromatic rings. The maximum absolute atomic E-state index is 9.62. The normalized spacial score (nSPS) is 12.8. The fraction of sp³-hybridized carbons (Fsp3) is 0.643. The van der Waals surface area contributed by atoms with Gasteiger partial charge in [-0.1, -0.05) is 13.8 Å². The van der Waals surface area contributed by atoms with E-state index in [1.165, 1.54) is 0 Å². The number of hydrogen-bond donors (Lipinski definition) is 2. The second-order valence-corrected chi connectivity index (χ2v) is 4.51. The van der Waals surface area contributed by atoms with Crippen LogP contribution in [-0.4, -0.2) is 34.4 Å². The molecule has 0 fully saturated rings. The zero-order valence-corrected chi connectivity index (χ0v) is 11.5. The highest BCUT2D eigenvalue weighted by atomic mass is 16.3. The second-order valence-electron chi connectivity index (χ2n) is 4.51. The van der Waals surface area contributed by atoms with E-state index in [-0.39, 0.29) is 6.61 Å². The summed E-state index contributed by atoms with van der Waals surface area (Å²) in [7, 11) is 0. The van der Waals surface area contributed by atoms with Gasteiger partial charge < -0.3 is 15.1 Å². The molecule has 0 spiro atoms. The van der Waals surface area contributed by atoms with Crippen LogP contribution in [0.4, 0.5) is 5.82 Å². The predicted molar refractivity (Wildman–Crippen MR) is 73.7 cm³/mol. The van der Waals surface area contributed by atoms with Crippen molar-refractivity contribution < 1.29 is 10.2 Å². The Hall–Kier alpha value is -1.13. The molecule has 4 nitrogen and oxygen atoms in total. The summed E-state index contributed by atoms with van der Waals surface area (Å²) in [6.45, 7) is 6.69. The van der Waals surface area contributed by atoms with Crippen LogP contribution in [0.2, 0.25) is 0 Å². The summed E-state index contributed by atoms with van der Waals surface area (Å²) >= 11 is 0. The third kappa shape index (κ3) is 3.68. The van der Waals surface area contributed by atoms with Crippen molar-refractivity contribution in [3.8, 4) is 0 Å². The van der Waals surface area contributed by atoms with Crippen molar-refractivity contribution in [1.82, 2.24) is 4.98 Å². The van der Waals surface area contributed by atoms with Crippen molar-refractivity contribution in [3.05, 3.63) is 23.9 Å². The molecule has 0 amide bonds. The van der Waals surface area contributed by atoms with Crippen molar-refractivity contribution in [3.63, 3.8) is 0 Å². The maximum atomic E-state index is 9.62. The minimum absolute atomic E-state index is 0.108. The Morgan fingerprint density at radius 1 is 1.33 bits per heavy atom. The van der Waals surface area contributed by atoms with Crippen molar-refractivity contribution in [2.24, 2.45) is 0 Å². The summed E-state index contributed by atoms with van der Waals surface area (Å²) in [5, 5.41) is 18.8. The molecule has 1 rings (SSSR count). The summed E-state index contributed by atoms with van der Waals surface area (Å²) in [4.78, 5) is 6.48. The van der Waals surface area contributed by atoms with E-state index in [1.54, 1.807) is 13.1 Å². The lowest BCUT2D eigenvalue weighted by molar-refractivity contribution is 0.199. The highest BCUT2D eigenvalue weighted by Gasteiger charge is 2.17. The van der Waals surface area contributed by atoms with Gasteiger partial charge in [-0.05, 0) is 37.5 Å². The van der Waals surface area contributed by atoms with E-state index in [9.17, 15) is 10.2 Å². The number of hydrogen-bond acceptors (Lipinski definition) is 4. The van der Waals surface area contributed by atoms with Gasteiger partial charge in [-0.3, -0.25) is 0 Å². The second kappa shape index (κ2) is 7.34. The van der Waals surface area contributed by atoms with Gasteiger partial charge in [0.15, 0.2) is 0 Å². The maximum Gasteiger partial charge on any atom is 0.129 e. The van der Waals surface area contributed by atoms with Gasteiger partial charge in [-0.15, -0.1) is 0 Å². The lowest BCUT2D eigenvalue weighted by Gasteiger charge is -2.31. The summed E-state index contributed by atoms with van der Waals surface area (Å²) in [5.41, 5.74) is 0.855. The van der Waals surface area contributed by atoms with Gasteiger partial charge in [-0.25, -0.2) is 4.98 Å². The molecular weight excluding hydrogens is 228 g/mol. The van der Waals surface area contributed by atoms with Gasteiger partial charge in [0.2, 0.25) is 0 Å². The molecule has 0 aliphatic carbocycles. The lowest BCUT2D eigenvalue weighted by Crippen LogP contribution is -2.37. The minimum atomic E-state index is -0.496. The molecule has 18 heavy (non-hydrogen) atoms. The first-order valence-electron chi connectivity index (χ1n) is 6.65. The van der Waals surface area contributed by atoms with E-state index in [2.05, 4.69) is 23.7 Å². The van der Waals surface area contributed by atoms with Gasteiger partial charge in [0.25, 0.3) is 0 Å². The number of anilines is 1. The number of aliphatic hydroxyl groups excluding tert-OH is 2. The number of aliphatic hydroxyl groups is 2. The average molecular weight is 252 g/mol. The highest BCUT2D eigenvalue weighted by molar-refractivity contribution is 5.42. The van der Waals surface area contributed by atoms with Crippen LogP contribution < -0.4 is 4.90 Å². The first-order valence-corrected chi connectivity index (χ1v) is 6.65. The van der Waals surface area contributed by atoms with E-state index in [4.69, 9.17) is 0 Å². The van der Waals surface area contributed by atoms with Crippen LogP contribution in [0, 0.1) is 0 Å². The van der Waals surface area contributed by atoms with E-state index in [1.807, 2.05) is 12.1 Å². The molecule has 0 saturated heterocycles. The van der Waals surface area contributed by atoms with Crippen LogP contribution in [0.15, 0.2) is 18.3 Å². The summed E-state index contributed by atoms with van der Waals surface area (Å²) in [6.07, 6.45) is 3.24. The van der Waals surface area contributed by atoms with Crippen LogP contribution >= 0.6 is 0 Å². The number of pyridine rings is 1. The molecule has 1 heterocycles. The molecule has 0 saturated carbocycles. The van der Waals surface area contributed by atoms with Crippen molar-refractivity contribution >= 4 is 5.82 Å². The fourth-order valence-corrected chi connectivity index (χ4v) is 2.17. The van der Waals surface area contributed by atoms with Gasteiger partial charge in [0, 0.05) is 18.8 Å². The van der Waals surface area contributed by atoms with Crippen LogP contribution in [0.3, 0.4) is 0 Å². The Kier molecular flexibility index (Phi) is 6.09. The standard InChI is InChI=1S/C14H24N2O2/c1-4-13(5-2)16(8-9-17)14-10-12(11(3)18)6-7-15-14/h6-7,10-11,13,17-18H,4-5,8-9H2,1-3H3/t11-/m1/s1. The number of rotatable bonds is 7. The molecule has 0 radical (unpaired) electrons. The van der Waals surface area contributed by atoms with Crippen molar-refractivity contribution in [2.45, 2.75) is 45.8 Å². The zero-order valence-electron chi connectivity index (χ0n) is 11.5. The largest absolute Gasteiger partial charge is 0.395 e. The van der Waals surface area contributed by atoms with E-state index in [0.717, 1.165) is 24.2 Å². The van der Waals surface area contributed by atoms with Crippen LogP contribution in [0.5, 0.6) is 0 Å². The molecule has 1 aromatic heterocycles. The van der Waals surface area contributed by atoms with E-state index in [0.29, 0.717) is 12.6 Å². The van der Waals surface area contributed by atoms with Gasteiger partial charge in [0.1, 0.15) is 5.82 Å². The Morgan fingerprint density at radius 3 is 2.50 bits per heavy atom. The van der Waals surface area contributed by atoms with E-state index < -0.39 is 6.10 Å². The summed E-state index contributed by atoms with van der Waals surface area (Å²) in [5.74, 6) is 0.830. The van der Waals surface area contributed by atoms with Crippen molar-refractivity contribution in [1.29, 1.82) is 0 Å². The smallest absolute Gasteiger partial charge is 0.129 e. The zero-order chi connectivity index (χ0) is 13.5. The molecule has 0 aliphatic heterocycles. The Bertz CT molecular complexity index is 351. The van der Waals surface area contributed by atoms with Gasteiger partial charge in [0.05, 0.1) is 12.7 Å². The SMILES string of the molecule is CCC(CC)N(CCO)c1cc([C@@H](C)O)ccn1. The molecule has 2 N–H and O–H groups in total. The lowest BCUT2D eigenvalue weighted by atomic mass is 10.1. The first kappa shape index (κ1) is 14.9. The van der Waals surface area contributed by atoms with Crippen LogP contribution in [-0.2, 0) is 0 Å². The molecule has 0 aromatic carbocycles. The summed E-state index contributed by atoms with van der Waals surface area (Å²) in [6, 6.07) is 4.09. The van der Waals surface area contributed by atoms with Gasteiger partial charge >= 0.3 is 0 Å². The summed E-state index contributed by atoms with van der Waals surface area (Å²) < 4.78 is 0. The molecular formula is C14H24N2O2. The fourth-order valence-electron chi connectivity index (χ4n) is 2.17. The highest BCUT2D eigenvalue weighted by Crippen LogP contribution is 2.21. The Balaban J connectivity index is 3.00. The van der Waals surface area contributed by atoms with Crippen LogP contribution in [0.1, 0.15) is 45.3 Å². The molecule has 0 aliphatic rings. The Labute approximate surface area is 109 Å². The quantitative estimate of drug-likeness (QED) is 0.780. The third-order valence-electron chi connectivity index (χ3n) is 3.27. The Morgan fingerprint density at radius 2 is 2.00 bits per heavy atom. The number of aromatic nitrogens is 1.